The molecule has 9 nitrogen and oxygen atoms in total. The fourth-order valence-electron chi connectivity index (χ4n) is 8.18. The van der Waals surface area contributed by atoms with Gasteiger partial charge in [0.05, 0.1) is 40.3 Å². The summed E-state index contributed by atoms with van der Waals surface area (Å²) in [4.78, 5) is 37.4. The van der Waals surface area contributed by atoms with Crippen LogP contribution in [0.15, 0.2) is 182 Å². The monoisotopic (exact) mass is 1170 g/mol. The van der Waals surface area contributed by atoms with Gasteiger partial charge in [0.15, 0.2) is 12.4 Å². The molecule has 476 valence electrons. The number of carboxylic acids is 1. The molecule has 0 aromatic carbocycles. The Labute approximate surface area is 519 Å². The third-order valence-corrected chi connectivity index (χ3v) is 13.1. The third-order valence-electron chi connectivity index (χ3n) is 13.1. The summed E-state index contributed by atoms with van der Waals surface area (Å²) in [6.45, 7) is 4.45. The topological polar surface area (TPSA) is 111 Å². The lowest BCUT2D eigenvalue weighted by molar-refractivity contribution is -0.870. The molecule has 0 aromatic rings. The zero-order valence-electron chi connectivity index (χ0n) is 54.1. The van der Waals surface area contributed by atoms with Gasteiger partial charge in [-0.25, -0.2) is 0 Å². The van der Waals surface area contributed by atoms with Crippen molar-refractivity contribution in [3.05, 3.63) is 182 Å². The zero-order chi connectivity index (χ0) is 61.9. The summed E-state index contributed by atoms with van der Waals surface area (Å²) in [5.41, 5.74) is 0. The number of hydrogen-bond acceptors (Lipinski definition) is 8. The van der Waals surface area contributed by atoms with Gasteiger partial charge in [0.25, 0.3) is 0 Å². The SMILES string of the molecule is CC/C=C\C/C=C\C/C=C\C/C=C\C/C=C\C/C=C\C/C=C\C/C=C\C/C=C\C/C=C\CCCCCCCCCCCCC(=O)OC(COC(=O)CCCCC/C=C\C/C=C\C/C=C\C/C=C\C/C=C\CC)COC(OCC[N+](C)(C)C)C(=O)[O-]. The average molecular weight is 1170 g/mol. The second kappa shape index (κ2) is 64.4. The molecule has 85 heavy (non-hydrogen) atoms. The first kappa shape index (κ1) is 79.4. The number of allylic oxidation sites excluding steroid dienone is 30. The predicted octanol–water partition coefficient (Wildman–Crippen LogP) is 19.1. The molecule has 0 fully saturated rings. The highest BCUT2D eigenvalue weighted by Crippen LogP contribution is 2.14. The van der Waals surface area contributed by atoms with E-state index in [1.807, 2.05) is 21.1 Å². The maximum Gasteiger partial charge on any atom is 0.306 e. The summed E-state index contributed by atoms with van der Waals surface area (Å²) in [5, 5.41) is 11.8. The van der Waals surface area contributed by atoms with E-state index < -0.39 is 30.3 Å². The number of nitrogens with zero attached hydrogens (tertiary/aromatic N) is 1. The summed E-state index contributed by atoms with van der Waals surface area (Å²) < 4.78 is 22.7. The number of ether oxygens (including phenoxy) is 4. The molecule has 2 atom stereocenters. The van der Waals surface area contributed by atoms with Crippen LogP contribution in [-0.4, -0.2) is 82.3 Å². The molecule has 0 bridgehead atoms. The molecule has 0 amide bonds. The highest BCUT2D eigenvalue weighted by atomic mass is 16.7. The first-order valence-electron chi connectivity index (χ1n) is 32.9. The highest BCUT2D eigenvalue weighted by Gasteiger charge is 2.22. The predicted molar refractivity (Wildman–Crippen MR) is 361 cm³/mol. The van der Waals surface area contributed by atoms with E-state index in [2.05, 4.69) is 196 Å². The quantitative estimate of drug-likeness (QED) is 0.0195. The Bertz CT molecular complexity index is 2050. The van der Waals surface area contributed by atoms with Gasteiger partial charge in [0, 0.05) is 12.8 Å². The maximum atomic E-state index is 12.9. The van der Waals surface area contributed by atoms with Crippen LogP contribution in [0.3, 0.4) is 0 Å². The molecule has 0 N–H and O–H groups in total. The van der Waals surface area contributed by atoms with Crippen molar-refractivity contribution in [3.63, 3.8) is 0 Å². The molecule has 0 heterocycles. The lowest BCUT2D eigenvalue weighted by atomic mass is 10.0. The molecule has 0 spiro atoms. The van der Waals surface area contributed by atoms with E-state index in [9.17, 15) is 19.5 Å². The van der Waals surface area contributed by atoms with Gasteiger partial charge in [0.2, 0.25) is 0 Å². The molecule has 0 saturated heterocycles. The van der Waals surface area contributed by atoms with Crippen LogP contribution in [0.25, 0.3) is 0 Å². The minimum Gasteiger partial charge on any atom is -0.545 e. The van der Waals surface area contributed by atoms with Crippen LogP contribution < -0.4 is 5.11 Å². The molecule has 0 rings (SSSR count). The first-order chi connectivity index (χ1) is 41.6. The molecule has 0 aliphatic rings. The van der Waals surface area contributed by atoms with E-state index in [1.165, 1.54) is 38.5 Å². The van der Waals surface area contributed by atoms with Gasteiger partial charge in [0.1, 0.15) is 13.2 Å². The molecule has 9 heteroatoms. The van der Waals surface area contributed by atoms with Gasteiger partial charge in [-0.05, 0) is 135 Å². The van der Waals surface area contributed by atoms with Crippen LogP contribution in [0.2, 0.25) is 0 Å². The second-order valence-corrected chi connectivity index (χ2v) is 22.3. The Morgan fingerprint density at radius 3 is 0.953 bits per heavy atom. The smallest absolute Gasteiger partial charge is 0.306 e. The van der Waals surface area contributed by atoms with Gasteiger partial charge in [-0.1, -0.05) is 254 Å². The van der Waals surface area contributed by atoms with Crippen molar-refractivity contribution in [1.29, 1.82) is 0 Å². The van der Waals surface area contributed by atoms with Crippen LogP contribution >= 0.6 is 0 Å². The standard InChI is InChI=1S/C76H119NO8/c1-6-8-10-12-14-16-18-20-22-24-26-27-28-29-30-31-32-33-34-35-36-37-38-39-40-41-42-43-44-45-46-47-49-51-53-55-57-59-61-63-65-67-74(79)85-72(71-84-76(75(80)81)82-69-68-77(3,4)5)70-83-73(78)66-64-62-60-58-56-54-52-50-48-25-23-21-19-17-15-13-11-9-7-2/h8-11,14-17,20-23,26-27,29-30,32-33,35-36,38-39,41-42,44-45,48,50,54,56,72,76H,6-7,12-13,18-19,24-25,28,31,34,37,40,43,46-47,49,51-53,55,57-71H2,1-5H3/b10-8-,11-9-,16-14-,17-15-,22-20-,23-21-,27-26-,30-29-,33-32-,36-35-,39-38-,42-41-,45-44-,50-48-,56-54-. The van der Waals surface area contributed by atoms with Crippen LogP contribution in [0.1, 0.15) is 219 Å². The Balaban J connectivity index is 4.21. The van der Waals surface area contributed by atoms with Gasteiger partial charge in [-0.2, -0.15) is 0 Å². The molecular weight excluding hydrogens is 1050 g/mol. The van der Waals surface area contributed by atoms with E-state index >= 15 is 0 Å². The number of hydrogen-bond donors (Lipinski definition) is 0. The summed E-state index contributed by atoms with van der Waals surface area (Å²) in [6, 6.07) is 0. The number of carboxylic acid groups (broad SMARTS) is 1. The molecule has 0 aliphatic carbocycles. The maximum absolute atomic E-state index is 12.9. The number of carbonyl (C=O) groups is 3. The molecular formula is C76H119NO8. The van der Waals surface area contributed by atoms with Crippen molar-refractivity contribution in [2.45, 2.75) is 232 Å². The first-order valence-corrected chi connectivity index (χ1v) is 32.9. The number of esters is 2. The zero-order valence-corrected chi connectivity index (χ0v) is 54.1. The van der Waals surface area contributed by atoms with Gasteiger partial charge in [-0.3, -0.25) is 9.59 Å². The minimum atomic E-state index is -1.64. The largest absolute Gasteiger partial charge is 0.545 e. The lowest BCUT2D eigenvalue weighted by Crippen LogP contribution is -2.44. The van der Waals surface area contributed by atoms with Crippen molar-refractivity contribution >= 4 is 17.9 Å². The minimum absolute atomic E-state index is 0.131. The summed E-state index contributed by atoms with van der Waals surface area (Å²) >= 11 is 0. The summed E-state index contributed by atoms with van der Waals surface area (Å²) in [6.07, 6.45) is 95.3. The van der Waals surface area contributed by atoms with Crippen molar-refractivity contribution in [2.75, 3.05) is 47.5 Å². The van der Waals surface area contributed by atoms with E-state index in [4.69, 9.17) is 18.9 Å². The fraction of sp³-hybridized carbons (Fsp3) is 0.566. The van der Waals surface area contributed by atoms with Crippen molar-refractivity contribution in [2.24, 2.45) is 0 Å². The Morgan fingerprint density at radius 2 is 0.635 bits per heavy atom. The van der Waals surface area contributed by atoms with Gasteiger partial charge >= 0.3 is 11.9 Å². The highest BCUT2D eigenvalue weighted by molar-refractivity contribution is 5.70. The van der Waals surface area contributed by atoms with E-state index in [0.29, 0.717) is 23.9 Å². The number of carbonyl (C=O) groups excluding carboxylic acids is 3. The van der Waals surface area contributed by atoms with Crippen molar-refractivity contribution < 1.29 is 42.9 Å². The van der Waals surface area contributed by atoms with E-state index in [1.54, 1.807) is 0 Å². The Hall–Kier alpha value is -5.61. The Morgan fingerprint density at radius 1 is 0.353 bits per heavy atom. The number of aliphatic carboxylic acids is 1. The summed E-state index contributed by atoms with van der Waals surface area (Å²) in [7, 11) is 5.90. The number of quaternary nitrogens is 1. The molecule has 0 aliphatic heterocycles. The normalized spacial score (nSPS) is 13.9. The number of likely N-dealkylation sites (N-methyl/N-ethyl adjacent to an activating group) is 1. The van der Waals surface area contributed by atoms with E-state index in [-0.39, 0.29) is 32.7 Å². The van der Waals surface area contributed by atoms with Crippen LogP contribution in [-0.2, 0) is 33.3 Å². The molecule has 0 saturated carbocycles. The fourth-order valence-corrected chi connectivity index (χ4v) is 8.18. The Kier molecular flexibility index (Phi) is 60.1. The molecule has 2 unspecified atom stereocenters. The lowest BCUT2D eigenvalue weighted by Gasteiger charge is -2.26. The van der Waals surface area contributed by atoms with Crippen LogP contribution in [0, 0.1) is 0 Å². The van der Waals surface area contributed by atoms with Crippen molar-refractivity contribution in [3.8, 4) is 0 Å². The number of rotatable bonds is 58. The van der Waals surface area contributed by atoms with Crippen LogP contribution in [0.4, 0.5) is 0 Å². The molecule has 0 radical (unpaired) electrons. The third kappa shape index (κ3) is 65.8. The summed E-state index contributed by atoms with van der Waals surface area (Å²) in [5.74, 6) is -2.35. The second-order valence-electron chi connectivity index (χ2n) is 22.3. The average Bonchev–Trinajstić information content (AvgIpc) is 3.49. The number of unbranched alkanes of at least 4 members (excludes halogenated alkanes) is 13. The van der Waals surface area contributed by atoms with Gasteiger partial charge in [-0.15, -0.1) is 0 Å². The van der Waals surface area contributed by atoms with Crippen molar-refractivity contribution in [1.82, 2.24) is 0 Å². The van der Waals surface area contributed by atoms with E-state index in [0.717, 1.165) is 141 Å². The van der Waals surface area contributed by atoms with Crippen LogP contribution in [0.5, 0.6) is 0 Å². The van der Waals surface area contributed by atoms with Gasteiger partial charge < -0.3 is 33.3 Å². The molecule has 0 aromatic heterocycles.